The van der Waals surface area contributed by atoms with Crippen molar-refractivity contribution >= 4 is 21.9 Å². The molecule has 0 unspecified atom stereocenters. The fraction of sp³-hybridized carbons (Fsp3) is 0.286. The molecule has 1 heterocycles. The number of halogens is 1. The van der Waals surface area contributed by atoms with Gasteiger partial charge in [-0.25, -0.2) is 4.79 Å². The van der Waals surface area contributed by atoms with Crippen molar-refractivity contribution in [1.29, 1.82) is 0 Å². The van der Waals surface area contributed by atoms with E-state index in [1.54, 1.807) is 4.68 Å². The van der Waals surface area contributed by atoms with Crippen molar-refractivity contribution in [3.05, 3.63) is 39.5 Å². The molecule has 0 aliphatic carbocycles. The van der Waals surface area contributed by atoms with Gasteiger partial charge < -0.3 is 5.11 Å². The molecule has 1 aromatic carbocycles. The van der Waals surface area contributed by atoms with Crippen LogP contribution in [0.5, 0.6) is 0 Å². The average Bonchev–Trinajstić information content (AvgIpc) is 2.70. The zero-order valence-corrected chi connectivity index (χ0v) is 12.7. The van der Waals surface area contributed by atoms with E-state index >= 15 is 0 Å². The van der Waals surface area contributed by atoms with Crippen LogP contribution in [0.25, 0.3) is 11.3 Å². The van der Waals surface area contributed by atoms with Gasteiger partial charge in [0.1, 0.15) is 0 Å². The van der Waals surface area contributed by atoms with Gasteiger partial charge >= 0.3 is 5.97 Å². The summed E-state index contributed by atoms with van der Waals surface area (Å²) >= 11 is 3.36. The molecule has 5 heteroatoms. The summed E-state index contributed by atoms with van der Waals surface area (Å²) in [6, 6.07) is 6.07. The van der Waals surface area contributed by atoms with Crippen LogP contribution < -0.4 is 0 Å². The number of benzene rings is 1. The van der Waals surface area contributed by atoms with Crippen molar-refractivity contribution in [2.75, 3.05) is 0 Å². The molecule has 19 heavy (non-hydrogen) atoms. The standard InChI is InChI=1S/C14H15BrN2O2/c1-4-17-13(11(15)12(16-17)14(18)19)10-6-5-8(2)9(3)7-10/h5-7H,4H2,1-3H3,(H,18,19). The van der Waals surface area contributed by atoms with E-state index in [1.807, 2.05) is 32.9 Å². The van der Waals surface area contributed by atoms with Crippen molar-refractivity contribution in [2.24, 2.45) is 0 Å². The van der Waals surface area contributed by atoms with E-state index < -0.39 is 5.97 Å². The summed E-state index contributed by atoms with van der Waals surface area (Å²) in [5.74, 6) is -1.02. The van der Waals surface area contributed by atoms with Crippen molar-refractivity contribution in [3.63, 3.8) is 0 Å². The Morgan fingerprint density at radius 1 is 1.37 bits per heavy atom. The smallest absolute Gasteiger partial charge is 0.357 e. The van der Waals surface area contributed by atoms with Crippen LogP contribution in [0.15, 0.2) is 22.7 Å². The molecule has 0 atom stereocenters. The average molecular weight is 323 g/mol. The number of hydrogen-bond donors (Lipinski definition) is 1. The number of aromatic carboxylic acids is 1. The Bertz CT molecular complexity index is 647. The maximum Gasteiger partial charge on any atom is 0.357 e. The topological polar surface area (TPSA) is 55.1 Å². The SMILES string of the molecule is CCn1nc(C(=O)O)c(Br)c1-c1ccc(C)c(C)c1. The summed E-state index contributed by atoms with van der Waals surface area (Å²) in [6.07, 6.45) is 0. The lowest BCUT2D eigenvalue weighted by Crippen LogP contribution is -2.02. The zero-order chi connectivity index (χ0) is 14.2. The van der Waals surface area contributed by atoms with Gasteiger partial charge in [0.05, 0.1) is 10.2 Å². The van der Waals surface area contributed by atoms with Crippen LogP contribution in [0.4, 0.5) is 0 Å². The highest BCUT2D eigenvalue weighted by atomic mass is 79.9. The van der Waals surface area contributed by atoms with E-state index in [1.165, 1.54) is 11.1 Å². The third-order valence-corrected chi connectivity index (χ3v) is 3.93. The number of carboxylic acid groups (broad SMARTS) is 1. The monoisotopic (exact) mass is 322 g/mol. The summed E-state index contributed by atoms with van der Waals surface area (Å²) in [7, 11) is 0. The van der Waals surface area contributed by atoms with Gasteiger partial charge in [0.15, 0.2) is 5.69 Å². The summed E-state index contributed by atoms with van der Waals surface area (Å²) in [5, 5.41) is 13.3. The first kappa shape index (κ1) is 13.8. The summed E-state index contributed by atoms with van der Waals surface area (Å²) < 4.78 is 2.24. The molecule has 1 N–H and O–H groups in total. The second kappa shape index (κ2) is 5.17. The lowest BCUT2D eigenvalue weighted by molar-refractivity contribution is 0.0688. The van der Waals surface area contributed by atoms with Crippen molar-refractivity contribution in [1.82, 2.24) is 9.78 Å². The second-order valence-electron chi connectivity index (χ2n) is 4.43. The Labute approximate surface area is 120 Å². The van der Waals surface area contributed by atoms with Gasteiger partial charge in [0.25, 0.3) is 0 Å². The van der Waals surface area contributed by atoms with Crippen molar-refractivity contribution < 1.29 is 9.90 Å². The number of aromatic nitrogens is 2. The summed E-state index contributed by atoms with van der Waals surface area (Å²) in [5.41, 5.74) is 4.21. The molecule has 1 aromatic heterocycles. The Kier molecular flexibility index (Phi) is 3.75. The number of hydrogen-bond acceptors (Lipinski definition) is 2. The van der Waals surface area contributed by atoms with Gasteiger partial charge in [-0.1, -0.05) is 12.1 Å². The minimum atomic E-state index is -1.02. The van der Waals surface area contributed by atoms with E-state index in [0.29, 0.717) is 11.0 Å². The molecule has 0 aliphatic rings. The summed E-state index contributed by atoms with van der Waals surface area (Å²) in [6.45, 7) is 6.65. The molecule has 100 valence electrons. The van der Waals surface area contributed by atoms with E-state index in [9.17, 15) is 4.79 Å². The van der Waals surface area contributed by atoms with Crippen LogP contribution in [-0.4, -0.2) is 20.9 Å². The molecule has 0 bridgehead atoms. The quantitative estimate of drug-likeness (QED) is 0.938. The van der Waals surface area contributed by atoms with E-state index in [-0.39, 0.29) is 5.69 Å². The van der Waals surface area contributed by atoms with Crippen LogP contribution in [0.3, 0.4) is 0 Å². The number of aryl methyl sites for hydroxylation is 3. The number of nitrogens with zero attached hydrogens (tertiary/aromatic N) is 2. The number of carbonyl (C=O) groups is 1. The zero-order valence-electron chi connectivity index (χ0n) is 11.1. The van der Waals surface area contributed by atoms with E-state index in [2.05, 4.69) is 27.1 Å². The molecule has 0 amide bonds. The van der Waals surface area contributed by atoms with Gasteiger partial charge in [-0.15, -0.1) is 0 Å². The normalized spacial score (nSPS) is 10.7. The first-order chi connectivity index (χ1) is 8.95. The first-order valence-electron chi connectivity index (χ1n) is 6.03. The molecular formula is C14H15BrN2O2. The number of rotatable bonds is 3. The van der Waals surface area contributed by atoms with Crippen molar-refractivity contribution in [3.8, 4) is 11.3 Å². The Hall–Kier alpha value is -1.62. The Morgan fingerprint density at radius 2 is 2.05 bits per heavy atom. The highest BCUT2D eigenvalue weighted by Crippen LogP contribution is 2.32. The fourth-order valence-electron chi connectivity index (χ4n) is 1.97. The fourth-order valence-corrected chi connectivity index (χ4v) is 2.65. The molecule has 0 spiro atoms. The molecule has 4 nitrogen and oxygen atoms in total. The highest BCUT2D eigenvalue weighted by molar-refractivity contribution is 9.10. The lowest BCUT2D eigenvalue weighted by Gasteiger charge is -2.08. The number of carboxylic acids is 1. The maximum absolute atomic E-state index is 11.1. The van der Waals surface area contributed by atoms with Gasteiger partial charge in [-0.05, 0) is 53.9 Å². The van der Waals surface area contributed by atoms with Crippen LogP contribution in [0.1, 0.15) is 28.5 Å². The predicted molar refractivity (Wildman–Crippen MR) is 77.5 cm³/mol. The Morgan fingerprint density at radius 3 is 2.58 bits per heavy atom. The van der Waals surface area contributed by atoms with E-state index in [4.69, 9.17) is 5.11 Å². The Balaban J connectivity index is 2.66. The van der Waals surface area contributed by atoms with Crippen molar-refractivity contribution in [2.45, 2.75) is 27.3 Å². The lowest BCUT2D eigenvalue weighted by atomic mass is 10.0. The molecule has 0 aliphatic heterocycles. The van der Waals surface area contributed by atoms with Crippen LogP contribution in [0.2, 0.25) is 0 Å². The second-order valence-corrected chi connectivity index (χ2v) is 5.22. The molecular weight excluding hydrogens is 308 g/mol. The largest absolute Gasteiger partial charge is 0.476 e. The van der Waals surface area contributed by atoms with Crippen LogP contribution in [0, 0.1) is 13.8 Å². The van der Waals surface area contributed by atoms with Gasteiger partial charge in [0.2, 0.25) is 0 Å². The van der Waals surface area contributed by atoms with Gasteiger partial charge in [-0.3, -0.25) is 4.68 Å². The molecule has 0 fully saturated rings. The third kappa shape index (κ3) is 2.42. The van der Waals surface area contributed by atoms with Crippen LogP contribution >= 0.6 is 15.9 Å². The van der Waals surface area contributed by atoms with Gasteiger partial charge in [-0.2, -0.15) is 5.10 Å². The third-order valence-electron chi connectivity index (χ3n) is 3.18. The first-order valence-corrected chi connectivity index (χ1v) is 6.82. The molecule has 0 saturated carbocycles. The minimum absolute atomic E-state index is 0.0510. The molecule has 2 aromatic rings. The predicted octanol–water partition coefficient (Wildman–Crippen LogP) is 3.65. The molecule has 0 saturated heterocycles. The molecule has 0 radical (unpaired) electrons. The summed E-state index contributed by atoms with van der Waals surface area (Å²) in [4.78, 5) is 11.1. The maximum atomic E-state index is 11.1. The van der Waals surface area contributed by atoms with Gasteiger partial charge in [0, 0.05) is 12.1 Å². The van der Waals surface area contributed by atoms with Crippen LogP contribution in [-0.2, 0) is 6.54 Å². The van der Waals surface area contributed by atoms with E-state index in [0.717, 1.165) is 11.3 Å². The molecule has 2 rings (SSSR count). The minimum Gasteiger partial charge on any atom is -0.476 e. The highest BCUT2D eigenvalue weighted by Gasteiger charge is 2.21.